The van der Waals surface area contributed by atoms with Gasteiger partial charge < -0.3 is 35.0 Å². The summed E-state index contributed by atoms with van der Waals surface area (Å²) < 4.78 is 8.98. The predicted molar refractivity (Wildman–Crippen MR) is 37.1 cm³/mol. The molecule has 5 atom stereocenters. The third-order valence-corrected chi connectivity index (χ3v) is 1.67. The van der Waals surface area contributed by atoms with Crippen molar-refractivity contribution in [2.24, 2.45) is 0 Å². The molecule has 0 bridgehead atoms. The fraction of sp³-hybridized carbons (Fsp3) is 1.00. The Hall–Kier alpha value is -0.280. The van der Waals surface area contributed by atoms with E-state index < -0.39 is 37.7 Å². The van der Waals surface area contributed by atoms with Crippen molar-refractivity contribution in [2.45, 2.75) is 31.1 Å². The maximum absolute atomic E-state index is 9.07. The first-order valence-electron chi connectivity index (χ1n) is 3.70. The molecule has 1 saturated heterocycles. The van der Waals surface area contributed by atoms with Crippen LogP contribution in [0.3, 0.4) is 0 Å². The zero-order valence-electron chi connectivity index (χ0n) is 6.65. The van der Waals surface area contributed by atoms with Crippen molar-refractivity contribution in [1.82, 2.24) is 0 Å². The SMILES string of the molecule is OCC(O)C1OC(O)C(O)OC1O. The maximum atomic E-state index is 9.07. The van der Waals surface area contributed by atoms with Gasteiger partial charge in [-0.05, 0) is 0 Å². The van der Waals surface area contributed by atoms with E-state index >= 15 is 0 Å². The van der Waals surface area contributed by atoms with Gasteiger partial charge in [0.25, 0.3) is 0 Å². The van der Waals surface area contributed by atoms with Gasteiger partial charge in [0.2, 0.25) is 12.6 Å². The Kier molecular flexibility index (Phi) is 3.56. The van der Waals surface area contributed by atoms with E-state index in [1.807, 2.05) is 0 Å². The van der Waals surface area contributed by atoms with Crippen LogP contribution in [0.5, 0.6) is 0 Å². The Morgan fingerprint density at radius 2 is 1.54 bits per heavy atom. The fourth-order valence-electron chi connectivity index (χ4n) is 0.968. The summed E-state index contributed by atoms with van der Waals surface area (Å²) in [5.74, 6) is 0. The standard InChI is InChI=1S/C6H12O7/c7-1-2(8)3-4(9)13-6(11)5(10)12-3/h2-11H,1H2. The second kappa shape index (κ2) is 4.29. The summed E-state index contributed by atoms with van der Waals surface area (Å²) >= 11 is 0. The van der Waals surface area contributed by atoms with Gasteiger partial charge in [0.15, 0.2) is 6.29 Å². The molecule has 1 aliphatic heterocycles. The number of aliphatic hydroxyl groups is 5. The smallest absolute Gasteiger partial charge is 0.209 e. The molecule has 0 aromatic carbocycles. The number of aliphatic hydroxyl groups excluding tert-OH is 5. The minimum Gasteiger partial charge on any atom is -0.394 e. The van der Waals surface area contributed by atoms with E-state index in [2.05, 4.69) is 9.47 Å². The first-order valence-corrected chi connectivity index (χ1v) is 3.70. The van der Waals surface area contributed by atoms with Crippen LogP contribution in [0.25, 0.3) is 0 Å². The summed E-state index contributed by atoms with van der Waals surface area (Å²) in [4.78, 5) is 0. The molecule has 1 rings (SSSR count). The van der Waals surface area contributed by atoms with Gasteiger partial charge in [0.05, 0.1) is 6.61 Å². The molecule has 1 aliphatic rings. The molecule has 0 aromatic rings. The third kappa shape index (κ3) is 2.35. The Bertz CT molecular complexity index is 163. The molecule has 0 saturated carbocycles. The third-order valence-electron chi connectivity index (χ3n) is 1.67. The Morgan fingerprint density at radius 3 is 2.08 bits per heavy atom. The number of hydrogen-bond acceptors (Lipinski definition) is 7. The highest BCUT2D eigenvalue weighted by Gasteiger charge is 2.39. The Labute approximate surface area is 73.8 Å². The summed E-state index contributed by atoms with van der Waals surface area (Å²) in [6.07, 6.45) is -7.53. The van der Waals surface area contributed by atoms with E-state index in [1.54, 1.807) is 0 Å². The quantitative estimate of drug-likeness (QED) is 0.314. The summed E-state index contributed by atoms with van der Waals surface area (Å²) in [6, 6.07) is 0. The lowest BCUT2D eigenvalue weighted by Gasteiger charge is -2.36. The lowest BCUT2D eigenvalue weighted by molar-refractivity contribution is -0.387. The molecular formula is C6H12O7. The van der Waals surface area contributed by atoms with Crippen LogP contribution in [0.15, 0.2) is 0 Å². The molecule has 0 spiro atoms. The summed E-state index contributed by atoms with van der Waals surface area (Å²) in [5, 5.41) is 44.4. The fourth-order valence-corrected chi connectivity index (χ4v) is 0.968. The number of ether oxygens (including phenoxy) is 2. The second-order valence-electron chi connectivity index (χ2n) is 2.66. The number of rotatable bonds is 2. The van der Waals surface area contributed by atoms with Gasteiger partial charge in [-0.2, -0.15) is 0 Å². The maximum Gasteiger partial charge on any atom is 0.209 e. The topological polar surface area (TPSA) is 120 Å². The predicted octanol–water partition coefficient (Wildman–Crippen LogP) is -3.29. The monoisotopic (exact) mass is 196 g/mol. The highest BCUT2D eigenvalue weighted by atomic mass is 16.8. The second-order valence-corrected chi connectivity index (χ2v) is 2.66. The molecule has 13 heavy (non-hydrogen) atoms. The molecule has 0 aliphatic carbocycles. The van der Waals surface area contributed by atoms with Crippen LogP contribution in [0.1, 0.15) is 0 Å². The first kappa shape index (κ1) is 10.8. The Morgan fingerprint density at radius 1 is 1.00 bits per heavy atom. The van der Waals surface area contributed by atoms with Crippen molar-refractivity contribution in [3.63, 3.8) is 0 Å². The molecule has 5 unspecified atom stereocenters. The minimum absolute atomic E-state index is 0.645. The van der Waals surface area contributed by atoms with Gasteiger partial charge in [0, 0.05) is 0 Å². The van der Waals surface area contributed by atoms with Crippen molar-refractivity contribution in [3.8, 4) is 0 Å². The van der Waals surface area contributed by atoms with Crippen molar-refractivity contribution in [2.75, 3.05) is 6.61 Å². The van der Waals surface area contributed by atoms with Crippen molar-refractivity contribution in [1.29, 1.82) is 0 Å². The summed E-state index contributed by atoms with van der Waals surface area (Å²) in [5.41, 5.74) is 0. The Balaban J connectivity index is 2.55. The van der Waals surface area contributed by atoms with Crippen LogP contribution < -0.4 is 0 Å². The molecule has 7 heteroatoms. The van der Waals surface area contributed by atoms with Crippen molar-refractivity contribution >= 4 is 0 Å². The van der Waals surface area contributed by atoms with Gasteiger partial charge in [-0.1, -0.05) is 0 Å². The summed E-state index contributed by atoms with van der Waals surface area (Å²) in [6.45, 7) is -0.645. The molecule has 1 fully saturated rings. The zero-order valence-corrected chi connectivity index (χ0v) is 6.65. The van der Waals surface area contributed by atoms with Crippen LogP contribution in [-0.2, 0) is 9.47 Å². The molecule has 0 aromatic heterocycles. The molecule has 1 heterocycles. The molecule has 78 valence electrons. The van der Waals surface area contributed by atoms with Gasteiger partial charge in [-0.3, -0.25) is 0 Å². The van der Waals surface area contributed by atoms with Gasteiger partial charge in [-0.25, -0.2) is 0 Å². The van der Waals surface area contributed by atoms with Gasteiger partial charge in [0.1, 0.15) is 12.2 Å². The highest BCUT2D eigenvalue weighted by Crippen LogP contribution is 2.18. The molecule has 0 radical (unpaired) electrons. The van der Waals surface area contributed by atoms with Crippen LogP contribution >= 0.6 is 0 Å². The highest BCUT2D eigenvalue weighted by molar-refractivity contribution is 4.75. The van der Waals surface area contributed by atoms with Crippen molar-refractivity contribution < 1.29 is 35.0 Å². The molecule has 5 N–H and O–H groups in total. The van der Waals surface area contributed by atoms with E-state index in [0.717, 1.165) is 0 Å². The summed E-state index contributed by atoms with van der Waals surface area (Å²) in [7, 11) is 0. The lowest BCUT2D eigenvalue weighted by Crippen LogP contribution is -2.54. The van der Waals surface area contributed by atoms with Gasteiger partial charge >= 0.3 is 0 Å². The van der Waals surface area contributed by atoms with Crippen LogP contribution in [0, 0.1) is 0 Å². The zero-order chi connectivity index (χ0) is 10.0. The van der Waals surface area contributed by atoms with Crippen LogP contribution in [0.2, 0.25) is 0 Å². The molecular weight excluding hydrogens is 184 g/mol. The van der Waals surface area contributed by atoms with Gasteiger partial charge in [-0.15, -0.1) is 0 Å². The van der Waals surface area contributed by atoms with Crippen LogP contribution in [-0.4, -0.2) is 63.2 Å². The van der Waals surface area contributed by atoms with Crippen molar-refractivity contribution in [3.05, 3.63) is 0 Å². The minimum atomic E-state index is -1.66. The van der Waals surface area contributed by atoms with E-state index in [0.29, 0.717) is 0 Å². The normalized spacial score (nSPS) is 43.2. The molecule has 0 amide bonds. The van der Waals surface area contributed by atoms with E-state index in [9.17, 15) is 0 Å². The molecule has 7 nitrogen and oxygen atoms in total. The van der Waals surface area contributed by atoms with E-state index in [-0.39, 0.29) is 0 Å². The lowest BCUT2D eigenvalue weighted by atomic mass is 10.2. The first-order chi connectivity index (χ1) is 6.06. The number of hydrogen-bond donors (Lipinski definition) is 5. The average Bonchev–Trinajstić information content (AvgIpc) is 2.10. The average molecular weight is 196 g/mol. The largest absolute Gasteiger partial charge is 0.394 e. The van der Waals surface area contributed by atoms with Crippen LogP contribution in [0.4, 0.5) is 0 Å². The van der Waals surface area contributed by atoms with E-state index in [1.165, 1.54) is 0 Å². The van der Waals surface area contributed by atoms with E-state index in [4.69, 9.17) is 25.5 Å².